The van der Waals surface area contributed by atoms with Crippen LogP contribution in [0.15, 0.2) is 18.3 Å². The average Bonchev–Trinajstić information content (AvgIpc) is 3.10. The number of methoxy groups -OCH3 is 1. The average molecular weight is 208 g/mol. The molecule has 0 aromatic carbocycles. The third-order valence-electron chi connectivity index (χ3n) is 2.64. The molecule has 0 spiro atoms. The molecule has 1 saturated carbocycles. The molecule has 1 aromatic rings. The first kappa shape index (κ1) is 10.2. The molecule has 1 heterocycles. The second kappa shape index (κ2) is 4.49. The molecular formula is C11H16N2O2. The van der Waals surface area contributed by atoms with Crippen LogP contribution in [0.3, 0.4) is 0 Å². The van der Waals surface area contributed by atoms with Crippen LogP contribution in [-0.4, -0.2) is 29.8 Å². The summed E-state index contributed by atoms with van der Waals surface area (Å²) in [5.41, 5.74) is 0. The van der Waals surface area contributed by atoms with E-state index < -0.39 is 0 Å². The quantitative estimate of drug-likeness (QED) is 0.765. The zero-order valence-corrected chi connectivity index (χ0v) is 8.81. The zero-order valence-electron chi connectivity index (χ0n) is 8.81. The molecule has 0 bridgehead atoms. The molecule has 2 rings (SSSR count). The maximum Gasteiger partial charge on any atom is 0.168 e. The van der Waals surface area contributed by atoms with E-state index in [2.05, 4.69) is 10.3 Å². The molecule has 0 amide bonds. The molecule has 1 aliphatic rings. The van der Waals surface area contributed by atoms with E-state index in [1.807, 2.05) is 12.1 Å². The molecule has 1 fully saturated rings. The predicted molar refractivity (Wildman–Crippen MR) is 58.0 cm³/mol. The van der Waals surface area contributed by atoms with Crippen molar-refractivity contribution >= 4 is 5.82 Å². The maximum absolute atomic E-state index is 9.68. The summed E-state index contributed by atoms with van der Waals surface area (Å²) in [6.07, 6.45) is 3.72. The number of rotatable bonds is 5. The van der Waals surface area contributed by atoms with Gasteiger partial charge in [-0.25, -0.2) is 4.98 Å². The topological polar surface area (TPSA) is 54.4 Å². The Kier molecular flexibility index (Phi) is 3.06. The summed E-state index contributed by atoms with van der Waals surface area (Å²) in [7, 11) is 1.61. The van der Waals surface area contributed by atoms with E-state index in [0.717, 1.165) is 12.8 Å². The van der Waals surface area contributed by atoms with E-state index in [1.165, 1.54) is 0 Å². The Hall–Kier alpha value is -1.29. The second-order valence-corrected chi connectivity index (χ2v) is 3.84. The minimum atomic E-state index is -0.267. The third kappa shape index (κ3) is 2.59. The highest BCUT2D eigenvalue weighted by atomic mass is 16.5. The van der Waals surface area contributed by atoms with E-state index in [-0.39, 0.29) is 6.10 Å². The van der Waals surface area contributed by atoms with Crippen molar-refractivity contribution in [2.45, 2.75) is 18.9 Å². The molecule has 82 valence electrons. The van der Waals surface area contributed by atoms with Crippen molar-refractivity contribution in [1.29, 1.82) is 0 Å². The lowest BCUT2D eigenvalue weighted by molar-refractivity contribution is 0.164. The predicted octanol–water partition coefficient (Wildman–Crippen LogP) is 1.27. The Morgan fingerprint density at radius 2 is 2.47 bits per heavy atom. The third-order valence-corrected chi connectivity index (χ3v) is 2.64. The first-order valence-electron chi connectivity index (χ1n) is 5.22. The van der Waals surface area contributed by atoms with Gasteiger partial charge in [0.05, 0.1) is 13.2 Å². The van der Waals surface area contributed by atoms with Crippen LogP contribution in [0.5, 0.6) is 5.75 Å². The number of nitrogens with one attached hydrogen (secondary N) is 1. The molecule has 0 saturated heterocycles. The Balaban J connectivity index is 1.91. The molecule has 0 radical (unpaired) electrons. The Morgan fingerprint density at radius 3 is 3.13 bits per heavy atom. The van der Waals surface area contributed by atoms with Crippen LogP contribution in [0.4, 0.5) is 5.82 Å². The van der Waals surface area contributed by atoms with Crippen LogP contribution in [0.25, 0.3) is 0 Å². The van der Waals surface area contributed by atoms with Gasteiger partial charge in [0.1, 0.15) is 0 Å². The summed E-state index contributed by atoms with van der Waals surface area (Å²) in [5, 5.41) is 12.8. The zero-order chi connectivity index (χ0) is 10.7. The number of anilines is 1. The van der Waals surface area contributed by atoms with Crippen molar-refractivity contribution in [3.63, 3.8) is 0 Å². The Bertz CT molecular complexity index is 326. The fourth-order valence-electron chi connectivity index (χ4n) is 1.54. The molecule has 4 heteroatoms. The van der Waals surface area contributed by atoms with Crippen LogP contribution in [0.2, 0.25) is 0 Å². The second-order valence-electron chi connectivity index (χ2n) is 3.84. The van der Waals surface area contributed by atoms with Crippen LogP contribution in [-0.2, 0) is 0 Å². The van der Waals surface area contributed by atoms with E-state index in [0.29, 0.717) is 24.0 Å². The van der Waals surface area contributed by atoms with Crippen molar-refractivity contribution in [2.24, 2.45) is 5.92 Å². The van der Waals surface area contributed by atoms with Crippen LogP contribution in [0, 0.1) is 5.92 Å². The first-order chi connectivity index (χ1) is 7.31. The fourth-order valence-corrected chi connectivity index (χ4v) is 1.54. The number of aromatic nitrogens is 1. The SMILES string of the molecule is COc1cccnc1NCC(O)C1CC1. The molecule has 1 aliphatic carbocycles. The largest absolute Gasteiger partial charge is 0.493 e. The molecule has 2 N–H and O–H groups in total. The minimum absolute atomic E-state index is 0.267. The number of pyridine rings is 1. The standard InChI is InChI=1S/C11H16N2O2/c1-15-10-3-2-6-12-11(10)13-7-9(14)8-4-5-8/h2-3,6,8-9,14H,4-5,7H2,1H3,(H,12,13). The smallest absolute Gasteiger partial charge is 0.168 e. The summed E-state index contributed by atoms with van der Waals surface area (Å²) in [5.74, 6) is 1.88. The summed E-state index contributed by atoms with van der Waals surface area (Å²) in [6, 6.07) is 3.67. The highest BCUT2D eigenvalue weighted by molar-refractivity contribution is 5.49. The van der Waals surface area contributed by atoms with Crippen LogP contribution in [0.1, 0.15) is 12.8 Å². The summed E-state index contributed by atoms with van der Waals surface area (Å²) in [4.78, 5) is 4.15. The lowest BCUT2D eigenvalue weighted by Gasteiger charge is -2.13. The van der Waals surface area contributed by atoms with Crippen LogP contribution >= 0.6 is 0 Å². The lowest BCUT2D eigenvalue weighted by Crippen LogP contribution is -2.21. The Labute approximate surface area is 89.3 Å². The van der Waals surface area contributed by atoms with Gasteiger partial charge in [-0.1, -0.05) is 0 Å². The van der Waals surface area contributed by atoms with Crippen molar-refractivity contribution in [1.82, 2.24) is 4.98 Å². The summed E-state index contributed by atoms with van der Waals surface area (Å²) >= 11 is 0. The number of aliphatic hydroxyl groups is 1. The number of nitrogens with zero attached hydrogens (tertiary/aromatic N) is 1. The molecule has 4 nitrogen and oxygen atoms in total. The van der Waals surface area contributed by atoms with Gasteiger partial charge in [0, 0.05) is 12.7 Å². The number of hydrogen-bond acceptors (Lipinski definition) is 4. The van der Waals surface area contributed by atoms with Gasteiger partial charge in [0.25, 0.3) is 0 Å². The molecule has 15 heavy (non-hydrogen) atoms. The highest BCUT2D eigenvalue weighted by Gasteiger charge is 2.29. The van der Waals surface area contributed by atoms with E-state index in [1.54, 1.807) is 13.3 Å². The normalized spacial score (nSPS) is 17.2. The van der Waals surface area contributed by atoms with Gasteiger partial charge in [0.15, 0.2) is 11.6 Å². The molecular weight excluding hydrogens is 192 g/mol. The van der Waals surface area contributed by atoms with Gasteiger partial charge in [-0.2, -0.15) is 0 Å². The molecule has 1 aromatic heterocycles. The van der Waals surface area contributed by atoms with Gasteiger partial charge < -0.3 is 15.2 Å². The van der Waals surface area contributed by atoms with Crippen molar-refractivity contribution in [3.8, 4) is 5.75 Å². The maximum atomic E-state index is 9.68. The molecule has 0 aliphatic heterocycles. The number of ether oxygens (including phenoxy) is 1. The monoisotopic (exact) mass is 208 g/mol. The van der Waals surface area contributed by atoms with Crippen molar-refractivity contribution in [2.75, 3.05) is 19.0 Å². The minimum Gasteiger partial charge on any atom is -0.493 e. The number of aliphatic hydroxyl groups excluding tert-OH is 1. The summed E-state index contributed by atoms with van der Waals surface area (Å²) < 4.78 is 5.15. The van der Waals surface area contributed by atoms with Gasteiger partial charge in [-0.05, 0) is 30.9 Å². The molecule has 1 atom stereocenters. The van der Waals surface area contributed by atoms with Gasteiger partial charge in [0.2, 0.25) is 0 Å². The number of hydrogen-bond donors (Lipinski definition) is 2. The van der Waals surface area contributed by atoms with Crippen molar-refractivity contribution < 1.29 is 9.84 Å². The highest BCUT2D eigenvalue weighted by Crippen LogP contribution is 2.32. The van der Waals surface area contributed by atoms with Gasteiger partial charge in [-0.15, -0.1) is 0 Å². The van der Waals surface area contributed by atoms with E-state index in [4.69, 9.17) is 4.74 Å². The Morgan fingerprint density at radius 1 is 1.67 bits per heavy atom. The summed E-state index contributed by atoms with van der Waals surface area (Å²) in [6.45, 7) is 0.540. The van der Waals surface area contributed by atoms with Gasteiger partial charge >= 0.3 is 0 Å². The van der Waals surface area contributed by atoms with Gasteiger partial charge in [-0.3, -0.25) is 0 Å². The molecule has 1 unspecified atom stereocenters. The fraction of sp³-hybridized carbons (Fsp3) is 0.545. The van der Waals surface area contributed by atoms with E-state index >= 15 is 0 Å². The van der Waals surface area contributed by atoms with E-state index in [9.17, 15) is 5.11 Å². The van der Waals surface area contributed by atoms with Crippen molar-refractivity contribution in [3.05, 3.63) is 18.3 Å². The van der Waals surface area contributed by atoms with Crippen LogP contribution < -0.4 is 10.1 Å². The first-order valence-corrected chi connectivity index (χ1v) is 5.22. The lowest BCUT2D eigenvalue weighted by atomic mass is 10.2.